The zero-order valence-electron chi connectivity index (χ0n) is 12.5. The highest BCUT2D eigenvalue weighted by Crippen LogP contribution is 2.34. The summed E-state index contributed by atoms with van der Waals surface area (Å²) in [4.78, 5) is 0. The minimum Gasteiger partial charge on any atom is -0.483 e. The van der Waals surface area contributed by atoms with E-state index < -0.39 is 17.3 Å². The molecule has 2 rings (SSSR count). The van der Waals surface area contributed by atoms with Gasteiger partial charge in [-0.1, -0.05) is 23.7 Å². The third-order valence-electron chi connectivity index (χ3n) is 3.60. The number of rotatable bonds is 5. The molecule has 0 aliphatic carbocycles. The molecule has 0 heterocycles. The third kappa shape index (κ3) is 4.39. The number of alkyl halides is 3. The molecule has 1 atom stereocenters. The number of hydrogen-bond acceptors (Lipinski definition) is 2. The fourth-order valence-electron chi connectivity index (χ4n) is 2.30. The van der Waals surface area contributed by atoms with Crippen LogP contribution in [0.5, 0.6) is 5.75 Å². The molecule has 2 N–H and O–H groups in total. The van der Waals surface area contributed by atoms with Gasteiger partial charge in [-0.25, -0.2) is 0 Å². The summed E-state index contributed by atoms with van der Waals surface area (Å²) in [5.74, 6) is 0.351. The van der Waals surface area contributed by atoms with Crippen LogP contribution in [0.2, 0.25) is 5.02 Å². The highest BCUT2D eigenvalue weighted by Gasteiger charge is 2.31. The minimum absolute atomic E-state index is 0.351. The Labute approximate surface area is 138 Å². The maximum atomic E-state index is 12.6. The first-order valence-corrected chi connectivity index (χ1v) is 7.45. The number of ether oxygens (including phenoxy) is 1. The van der Waals surface area contributed by atoms with Gasteiger partial charge in [0, 0.05) is 11.4 Å². The molecule has 0 spiro atoms. The summed E-state index contributed by atoms with van der Waals surface area (Å²) in [7, 11) is 0. The fraction of sp³-hybridized carbons (Fsp3) is 0.294. The highest BCUT2D eigenvalue weighted by molar-refractivity contribution is 6.30. The lowest BCUT2D eigenvalue weighted by Gasteiger charge is -2.31. The molecule has 6 heteroatoms. The summed E-state index contributed by atoms with van der Waals surface area (Å²) in [5.41, 5.74) is 5.05. The summed E-state index contributed by atoms with van der Waals surface area (Å²) >= 11 is 5.89. The first kappa shape index (κ1) is 17.6. The molecule has 0 aromatic heterocycles. The Kier molecular flexibility index (Phi) is 5.22. The molecular weight excluding hydrogens is 327 g/mol. The van der Waals surface area contributed by atoms with Gasteiger partial charge in [-0.2, -0.15) is 13.2 Å². The molecule has 0 radical (unpaired) electrons. The van der Waals surface area contributed by atoms with Gasteiger partial charge in [0.2, 0.25) is 0 Å². The second-order valence-electron chi connectivity index (χ2n) is 5.40. The highest BCUT2D eigenvalue weighted by atomic mass is 35.5. The van der Waals surface area contributed by atoms with E-state index in [9.17, 15) is 13.2 Å². The number of halogens is 4. The van der Waals surface area contributed by atoms with E-state index in [-0.39, 0.29) is 0 Å². The Balaban J connectivity index is 2.27. The first-order chi connectivity index (χ1) is 10.7. The SMILES string of the molecule is CC(CCN)(Oc1ccc(C(F)(F)F)cc1)c1ccc(Cl)cc1. The quantitative estimate of drug-likeness (QED) is 0.829. The largest absolute Gasteiger partial charge is 0.483 e. The maximum Gasteiger partial charge on any atom is 0.416 e. The second-order valence-corrected chi connectivity index (χ2v) is 5.84. The van der Waals surface area contributed by atoms with Crippen molar-refractivity contribution in [2.24, 2.45) is 5.73 Å². The molecule has 2 nitrogen and oxygen atoms in total. The monoisotopic (exact) mass is 343 g/mol. The van der Waals surface area contributed by atoms with Crippen LogP contribution < -0.4 is 10.5 Å². The molecule has 2 aromatic rings. The average Bonchev–Trinajstić information content (AvgIpc) is 2.47. The first-order valence-electron chi connectivity index (χ1n) is 7.07. The van der Waals surface area contributed by atoms with Crippen molar-refractivity contribution in [3.05, 3.63) is 64.7 Å². The summed E-state index contributed by atoms with van der Waals surface area (Å²) < 4.78 is 43.8. The average molecular weight is 344 g/mol. The van der Waals surface area contributed by atoms with Gasteiger partial charge in [0.25, 0.3) is 0 Å². The predicted molar refractivity (Wildman–Crippen MR) is 84.5 cm³/mol. The molecule has 1 unspecified atom stereocenters. The summed E-state index contributed by atoms with van der Waals surface area (Å²) in [6.45, 7) is 2.22. The van der Waals surface area contributed by atoms with Gasteiger partial charge in [0.1, 0.15) is 11.4 Å². The van der Waals surface area contributed by atoms with Crippen molar-refractivity contribution in [2.75, 3.05) is 6.54 Å². The normalized spacial score (nSPS) is 14.3. The fourth-order valence-corrected chi connectivity index (χ4v) is 2.43. The van der Waals surface area contributed by atoms with E-state index in [0.717, 1.165) is 17.7 Å². The lowest BCUT2D eigenvalue weighted by atomic mass is 9.92. The Morgan fingerprint density at radius 1 is 0.957 bits per heavy atom. The second kappa shape index (κ2) is 6.81. The summed E-state index contributed by atoms with van der Waals surface area (Å²) in [6.07, 6.45) is -3.86. The Bertz CT molecular complexity index is 640. The molecule has 0 saturated heterocycles. The van der Waals surface area contributed by atoms with Gasteiger partial charge in [0.15, 0.2) is 0 Å². The third-order valence-corrected chi connectivity index (χ3v) is 3.85. The lowest BCUT2D eigenvalue weighted by Crippen LogP contribution is -2.32. The molecule has 0 amide bonds. The van der Waals surface area contributed by atoms with Crippen LogP contribution in [-0.4, -0.2) is 6.54 Å². The van der Waals surface area contributed by atoms with E-state index in [2.05, 4.69) is 0 Å². The van der Waals surface area contributed by atoms with Crippen LogP contribution in [0.25, 0.3) is 0 Å². The molecule has 0 bridgehead atoms. The molecule has 0 aliphatic rings. The van der Waals surface area contributed by atoms with Crippen LogP contribution in [0.3, 0.4) is 0 Å². The Morgan fingerprint density at radius 3 is 1.96 bits per heavy atom. The van der Waals surface area contributed by atoms with Gasteiger partial charge in [0.05, 0.1) is 5.56 Å². The van der Waals surface area contributed by atoms with Crippen LogP contribution in [0.1, 0.15) is 24.5 Å². The molecule has 0 fully saturated rings. The van der Waals surface area contributed by atoms with E-state index in [1.54, 1.807) is 12.1 Å². The minimum atomic E-state index is -4.37. The van der Waals surface area contributed by atoms with Gasteiger partial charge in [-0.3, -0.25) is 0 Å². The molecule has 124 valence electrons. The maximum absolute atomic E-state index is 12.6. The standard InChI is InChI=1S/C17H17ClF3NO/c1-16(10-11-22,12-2-6-14(18)7-3-12)23-15-8-4-13(5-9-15)17(19,20)21/h2-9H,10-11,22H2,1H3. The smallest absolute Gasteiger partial charge is 0.416 e. The molecule has 0 aliphatic heterocycles. The van der Waals surface area contributed by atoms with Crippen molar-refractivity contribution in [1.82, 2.24) is 0 Å². The summed E-state index contributed by atoms with van der Waals surface area (Å²) in [6, 6.07) is 11.7. The number of hydrogen-bond donors (Lipinski definition) is 1. The van der Waals surface area contributed by atoms with Gasteiger partial charge in [-0.05, 0) is 55.4 Å². The van der Waals surface area contributed by atoms with E-state index in [4.69, 9.17) is 22.1 Å². The molecular formula is C17H17ClF3NO. The van der Waals surface area contributed by atoms with Gasteiger partial charge >= 0.3 is 6.18 Å². The number of benzene rings is 2. The zero-order chi connectivity index (χ0) is 17.1. The van der Waals surface area contributed by atoms with Crippen LogP contribution in [-0.2, 0) is 11.8 Å². The zero-order valence-corrected chi connectivity index (χ0v) is 13.3. The molecule has 2 aromatic carbocycles. The van der Waals surface area contributed by atoms with Crippen LogP contribution in [0.4, 0.5) is 13.2 Å². The molecule has 23 heavy (non-hydrogen) atoms. The van der Waals surface area contributed by atoms with Crippen molar-refractivity contribution in [3.63, 3.8) is 0 Å². The molecule has 0 saturated carbocycles. The van der Waals surface area contributed by atoms with E-state index in [1.165, 1.54) is 12.1 Å². The summed E-state index contributed by atoms with van der Waals surface area (Å²) in [5, 5.41) is 0.596. The van der Waals surface area contributed by atoms with Crippen molar-refractivity contribution >= 4 is 11.6 Å². The topological polar surface area (TPSA) is 35.2 Å². The van der Waals surface area contributed by atoms with E-state index in [0.29, 0.717) is 23.7 Å². The van der Waals surface area contributed by atoms with Crippen molar-refractivity contribution < 1.29 is 17.9 Å². The van der Waals surface area contributed by atoms with Crippen LogP contribution >= 0.6 is 11.6 Å². The Hall–Kier alpha value is -1.72. The number of nitrogens with two attached hydrogens (primary N) is 1. The van der Waals surface area contributed by atoms with E-state index >= 15 is 0 Å². The Morgan fingerprint density at radius 2 is 1.48 bits per heavy atom. The van der Waals surface area contributed by atoms with Crippen molar-refractivity contribution in [1.29, 1.82) is 0 Å². The van der Waals surface area contributed by atoms with Crippen LogP contribution in [0.15, 0.2) is 48.5 Å². The van der Waals surface area contributed by atoms with E-state index in [1.807, 2.05) is 19.1 Å². The van der Waals surface area contributed by atoms with Crippen molar-refractivity contribution in [2.45, 2.75) is 25.1 Å². The van der Waals surface area contributed by atoms with Crippen LogP contribution in [0, 0.1) is 0 Å². The van der Waals surface area contributed by atoms with Gasteiger partial charge in [-0.15, -0.1) is 0 Å². The van der Waals surface area contributed by atoms with Crippen molar-refractivity contribution in [3.8, 4) is 5.75 Å². The van der Waals surface area contributed by atoms with Gasteiger partial charge < -0.3 is 10.5 Å². The predicted octanol–water partition coefficient (Wildman–Crippen LogP) is 5.00. The lowest BCUT2D eigenvalue weighted by molar-refractivity contribution is -0.137.